The van der Waals surface area contributed by atoms with Gasteiger partial charge < -0.3 is 14.2 Å². The lowest BCUT2D eigenvalue weighted by Gasteiger charge is -2.35. The third-order valence-electron chi connectivity index (χ3n) is 3.60. The van der Waals surface area contributed by atoms with Gasteiger partial charge in [0, 0.05) is 0 Å². The van der Waals surface area contributed by atoms with Gasteiger partial charge >= 0.3 is 18.0 Å². The van der Waals surface area contributed by atoms with E-state index >= 15 is 0 Å². The van der Waals surface area contributed by atoms with Gasteiger partial charge in [0.25, 0.3) is 0 Å². The van der Waals surface area contributed by atoms with Crippen LogP contribution >= 0.6 is 0 Å². The van der Waals surface area contributed by atoms with Gasteiger partial charge in [-0.3, -0.25) is 4.90 Å². The highest BCUT2D eigenvalue weighted by Gasteiger charge is 2.43. The predicted molar refractivity (Wildman–Crippen MR) is 87.4 cm³/mol. The standard InChI is InChI=1S/C17H29NO6/c1-6-22-14(19)12-10-8-9-11-13(15(20)23-7-2)18(12)16(21)24-17(3,4)5/h12-13H,6-11H2,1-5H3/t12-,13-/m0/s1. The SMILES string of the molecule is CCOC(=O)[C@@H]1CCCC[C@@H](C(=O)OCC)N1C(=O)OC(C)(C)C. The maximum absolute atomic E-state index is 12.7. The highest BCUT2D eigenvalue weighted by molar-refractivity contribution is 5.87. The van der Waals surface area contributed by atoms with E-state index in [2.05, 4.69) is 0 Å². The normalized spacial score (nSPS) is 21.6. The van der Waals surface area contributed by atoms with E-state index in [1.165, 1.54) is 4.90 Å². The van der Waals surface area contributed by atoms with Gasteiger partial charge in [-0.1, -0.05) is 12.8 Å². The minimum atomic E-state index is -0.836. The lowest BCUT2D eigenvalue weighted by molar-refractivity contribution is -0.156. The summed E-state index contributed by atoms with van der Waals surface area (Å²) in [4.78, 5) is 38.6. The van der Waals surface area contributed by atoms with Crippen LogP contribution in [-0.4, -0.2) is 53.8 Å². The molecule has 2 atom stereocenters. The largest absolute Gasteiger partial charge is 0.464 e. The molecule has 1 fully saturated rings. The van der Waals surface area contributed by atoms with E-state index in [-0.39, 0.29) is 13.2 Å². The van der Waals surface area contributed by atoms with Crippen LogP contribution in [0.25, 0.3) is 0 Å². The first-order chi connectivity index (χ1) is 11.2. The monoisotopic (exact) mass is 343 g/mol. The molecule has 0 aromatic heterocycles. The maximum Gasteiger partial charge on any atom is 0.411 e. The van der Waals surface area contributed by atoms with Gasteiger partial charge in [0.1, 0.15) is 17.7 Å². The van der Waals surface area contributed by atoms with Crippen molar-refractivity contribution >= 4 is 18.0 Å². The van der Waals surface area contributed by atoms with Crippen LogP contribution in [0.5, 0.6) is 0 Å². The van der Waals surface area contributed by atoms with Crippen molar-refractivity contribution in [3.63, 3.8) is 0 Å². The van der Waals surface area contributed by atoms with Gasteiger partial charge in [0.2, 0.25) is 0 Å². The number of hydrogen-bond donors (Lipinski definition) is 0. The Bertz CT molecular complexity index is 428. The molecule has 0 bridgehead atoms. The van der Waals surface area contributed by atoms with Gasteiger partial charge in [-0.25, -0.2) is 14.4 Å². The first-order valence-corrected chi connectivity index (χ1v) is 8.55. The average Bonchev–Trinajstić information content (AvgIpc) is 2.68. The molecule has 0 N–H and O–H groups in total. The molecule has 1 heterocycles. The summed E-state index contributed by atoms with van der Waals surface area (Å²) in [5, 5.41) is 0. The molecule has 1 aliphatic rings. The molecular formula is C17H29NO6. The molecule has 0 aromatic carbocycles. The number of amides is 1. The van der Waals surface area contributed by atoms with Gasteiger partial charge in [-0.15, -0.1) is 0 Å². The van der Waals surface area contributed by atoms with Gasteiger partial charge in [0.15, 0.2) is 0 Å². The second-order valence-electron chi connectivity index (χ2n) is 6.71. The molecule has 1 rings (SSSR count). The fourth-order valence-corrected chi connectivity index (χ4v) is 2.68. The topological polar surface area (TPSA) is 82.1 Å². The van der Waals surface area contributed by atoms with Crippen LogP contribution in [0.2, 0.25) is 0 Å². The fraction of sp³-hybridized carbons (Fsp3) is 0.824. The minimum absolute atomic E-state index is 0.210. The number of carbonyl (C=O) groups excluding carboxylic acids is 3. The number of hydrogen-bond acceptors (Lipinski definition) is 6. The fourth-order valence-electron chi connectivity index (χ4n) is 2.68. The van der Waals surface area contributed by atoms with E-state index < -0.39 is 35.7 Å². The molecule has 0 radical (unpaired) electrons. The lowest BCUT2D eigenvalue weighted by Crippen LogP contribution is -2.54. The number of rotatable bonds is 4. The Kier molecular flexibility index (Phi) is 7.51. The number of carbonyl (C=O) groups is 3. The summed E-state index contributed by atoms with van der Waals surface area (Å²) in [5.74, 6) is -1.03. The minimum Gasteiger partial charge on any atom is -0.464 e. The van der Waals surface area contributed by atoms with E-state index in [0.717, 1.165) is 12.8 Å². The highest BCUT2D eigenvalue weighted by Crippen LogP contribution is 2.26. The smallest absolute Gasteiger partial charge is 0.411 e. The Labute approximate surface area is 143 Å². The molecule has 0 spiro atoms. The van der Waals surface area contributed by atoms with E-state index in [0.29, 0.717) is 12.8 Å². The van der Waals surface area contributed by atoms with Crippen LogP contribution in [-0.2, 0) is 23.8 Å². The summed E-state index contributed by atoms with van der Waals surface area (Å²) in [7, 11) is 0. The quantitative estimate of drug-likeness (QED) is 0.576. The molecule has 7 heteroatoms. The number of nitrogens with zero attached hydrogens (tertiary/aromatic N) is 1. The molecule has 0 unspecified atom stereocenters. The zero-order valence-corrected chi connectivity index (χ0v) is 15.3. The van der Waals surface area contributed by atoms with Crippen molar-refractivity contribution in [3.05, 3.63) is 0 Å². The first kappa shape index (κ1) is 20.3. The molecular weight excluding hydrogens is 314 g/mol. The van der Waals surface area contributed by atoms with Crippen LogP contribution < -0.4 is 0 Å². The number of ether oxygens (including phenoxy) is 3. The second-order valence-corrected chi connectivity index (χ2v) is 6.71. The van der Waals surface area contributed by atoms with Gasteiger partial charge in [-0.05, 0) is 47.5 Å². The number of esters is 2. The van der Waals surface area contributed by atoms with Gasteiger partial charge in [0.05, 0.1) is 13.2 Å². The molecule has 138 valence electrons. The molecule has 1 aliphatic heterocycles. The third-order valence-corrected chi connectivity index (χ3v) is 3.60. The van der Waals surface area contributed by atoms with Gasteiger partial charge in [-0.2, -0.15) is 0 Å². The van der Waals surface area contributed by atoms with Crippen LogP contribution in [0.1, 0.15) is 60.3 Å². The molecule has 0 aromatic rings. The van der Waals surface area contributed by atoms with E-state index in [4.69, 9.17) is 14.2 Å². The second kappa shape index (κ2) is 8.89. The summed E-state index contributed by atoms with van der Waals surface area (Å²) in [6, 6.07) is -1.67. The summed E-state index contributed by atoms with van der Waals surface area (Å²) in [6.07, 6.45) is 1.62. The predicted octanol–water partition coefficient (Wildman–Crippen LogP) is 2.66. The van der Waals surface area contributed by atoms with Crippen molar-refractivity contribution in [2.75, 3.05) is 13.2 Å². The van der Waals surface area contributed by atoms with Crippen LogP contribution in [0.3, 0.4) is 0 Å². The highest BCUT2D eigenvalue weighted by atomic mass is 16.6. The zero-order chi connectivity index (χ0) is 18.3. The summed E-state index contributed by atoms with van der Waals surface area (Å²) >= 11 is 0. The Hall–Kier alpha value is -1.79. The Morgan fingerprint density at radius 3 is 1.67 bits per heavy atom. The summed E-state index contributed by atoms with van der Waals surface area (Å²) < 4.78 is 15.6. The molecule has 1 amide bonds. The summed E-state index contributed by atoms with van der Waals surface area (Å²) in [5.41, 5.74) is -0.734. The molecule has 24 heavy (non-hydrogen) atoms. The maximum atomic E-state index is 12.7. The van der Waals surface area contributed by atoms with Crippen molar-refractivity contribution in [1.82, 2.24) is 4.90 Å². The Morgan fingerprint density at radius 2 is 1.33 bits per heavy atom. The Morgan fingerprint density at radius 1 is 0.917 bits per heavy atom. The van der Waals surface area contributed by atoms with E-state index in [1.807, 2.05) is 0 Å². The molecule has 1 saturated heterocycles. The van der Waals surface area contributed by atoms with Crippen molar-refractivity contribution in [1.29, 1.82) is 0 Å². The lowest BCUT2D eigenvalue weighted by atomic mass is 10.1. The van der Waals surface area contributed by atoms with Crippen LogP contribution in [0.15, 0.2) is 0 Å². The van der Waals surface area contributed by atoms with E-state index in [9.17, 15) is 14.4 Å². The Balaban J connectivity index is 3.16. The van der Waals surface area contributed by atoms with Crippen molar-refractivity contribution in [3.8, 4) is 0 Å². The van der Waals surface area contributed by atoms with E-state index in [1.54, 1.807) is 34.6 Å². The molecule has 0 aliphatic carbocycles. The van der Waals surface area contributed by atoms with Crippen LogP contribution in [0.4, 0.5) is 4.79 Å². The summed E-state index contributed by atoms with van der Waals surface area (Å²) in [6.45, 7) is 9.04. The van der Waals surface area contributed by atoms with Crippen LogP contribution in [0, 0.1) is 0 Å². The van der Waals surface area contributed by atoms with Crippen molar-refractivity contribution in [2.45, 2.75) is 78.0 Å². The van der Waals surface area contributed by atoms with Crippen molar-refractivity contribution < 1.29 is 28.6 Å². The zero-order valence-electron chi connectivity index (χ0n) is 15.3. The number of likely N-dealkylation sites (tertiary alicyclic amines) is 1. The molecule has 7 nitrogen and oxygen atoms in total. The van der Waals surface area contributed by atoms with Crippen molar-refractivity contribution in [2.24, 2.45) is 0 Å². The first-order valence-electron chi connectivity index (χ1n) is 8.55. The molecule has 0 saturated carbocycles. The average molecular weight is 343 g/mol. The third kappa shape index (κ3) is 5.69.